The molecule has 0 radical (unpaired) electrons. The van der Waals surface area contributed by atoms with Gasteiger partial charge in [0.2, 0.25) is 5.91 Å². The minimum atomic E-state index is -1.01. The highest BCUT2D eigenvalue weighted by Crippen LogP contribution is 2.25. The van der Waals surface area contributed by atoms with E-state index < -0.39 is 17.6 Å². The number of hydrogen-bond donors (Lipinski definition) is 1. The Morgan fingerprint density at radius 3 is 2.50 bits per heavy atom. The number of aromatic nitrogens is 2. The number of carboxylic acid groups (broad SMARTS) is 1. The fourth-order valence-electron chi connectivity index (χ4n) is 3.30. The van der Waals surface area contributed by atoms with Crippen LogP contribution in [0.1, 0.15) is 40.5 Å². The zero-order valence-electron chi connectivity index (χ0n) is 14.3. The summed E-state index contributed by atoms with van der Waals surface area (Å²) in [5, 5.41) is 13.3. The molecule has 3 rings (SSSR count). The summed E-state index contributed by atoms with van der Waals surface area (Å²) in [7, 11) is 0. The van der Waals surface area contributed by atoms with Crippen molar-refractivity contribution in [3.8, 4) is 0 Å². The lowest BCUT2D eigenvalue weighted by atomic mass is 10.0. The van der Waals surface area contributed by atoms with Gasteiger partial charge in [0, 0.05) is 13.1 Å². The highest BCUT2D eigenvalue weighted by Gasteiger charge is 2.26. The van der Waals surface area contributed by atoms with Gasteiger partial charge in [-0.2, -0.15) is 5.10 Å². The lowest BCUT2D eigenvalue weighted by Gasteiger charge is -2.32. The first-order chi connectivity index (χ1) is 12.4. The van der Waals surface area contributed by atoms with Crippen molar-refractivity contribution in [1.29, 1.82) is 0 Å². The van der Waals surface area contributed by atoms with Gasteiger partial charge in [-0.05, 0) is 37.5 Å². The zero-order chi connectivity index (χ0) is 18.8. The highest BCUT2D eigenvalue weighted by molar-refractivity contribution is 5.88. The number of amides is 1. The largest absolute Gasteiger partial charge is 0.478 e. The average molecular weight is 363 g/mol. The first-order valence-electron chi connectivity index (χ1n) is 8.36. The van der Waals surface area contributed by atoms with E-state index in [-0.39, 0.29) is 23.9 Å². The summed E-state index contributed by atoms with van der Waals surface area (Å²) < 4.78 is 27.9. The molecule has 1 aromatic carbocycles. The number of likely N-dealkylation sites (tertiary alicyclic amines) is 1. The number of halogens is 2. The zero-order valence-corrected chi connectivity index (χ0v) is 14.3. The number of carbonyl (C=O) groups excluding carboxylic acids is 1. The van der Waals surface area contributed by atoms with Gasteiger partial charge in [-0.1, -0.05) is 6.07 Å². The van der Waals surface area contributed by atoms with E-state index in [9.17, 15) is 18.4 Å². The number of aromatic carboxylic acids is 1. The van der Waals surface area contributed by atoms with E-state index in [0.717, 1.165) is 12.1 Å². The maximum absolute atomic E-state index is 13.3. The van der Waals surface area contributed by atoms with Crippen LogP contribution in [0.3, 0.4) is 0 Å². The SMILES string of the molecule is Cc1c(C(=O)O)cnn1C1CCN(C(=O)Cc2ccc(F)c(F)c2)CC1. The van der Waals surface area contributed by atoms with Gasteiger partial charge in [0.25, 0.3) is 0 Å². The molecule has 1 saturated heterocycles. The first kappa shape index (κ1) is 18.0. The average Bonchev–Trinajstić information content (AvgIpc) is 3.00. The third-order valence-corrected chi connectivity index (χ3v) is 4.78. The van der Waals surface area contributed by atoms with Crippen LogP contribution in [0.5, 0.6) is 0 Å². The Balaban J connectivity index is 1.60. The van der Waals surface area contributed by atoms with Crippen LogP contribution >= 0.6 is 0 Å². The Morgan fingerprint density at radius 1 is 1.23 bits per heavy atom. The fourth-order valence-corrected chi connectivity index (χ4v) is 3.30. The number of piperidine rings is 1. The van der Waals surface area contributed by atoms with Crippen molar-refractivity contribution in [2.24, 2.45) is 0 Å². The van der Waals surface area contributed by atoms with Crippen LogP contribution in [-0.4, -0.2) is 44.8 Å². The predicted molar refractivity (Wildman–Crippen MR) is 88.8 cm³/mol. The van der Waals surface area contributed by atoms with Crippen LogP contribution in [0.2, 0.25) is 0 Å². The summed E-state index contributed by atoms with van der Waals surface area (Å²) in [6.45, 7) is 2.74. The molecule has 0 saturated carbocycles. The van der Waals surface area contributed by atoms with E-state index in [0.29, 0.717) is 37.2 Å². The summed E-state index contributed by atoms with van der Waals surface area (Å²) in [6, 6.07) is 3.50. The summed E-state index contributed by atoms with van der Waals surface area (Å²) >= 11 is 0. The lowest BCUT2D eigenvalue weighted by Crippen LogP contribution is -2.40. The van der Waals surface area contributed by atoms with Gasteiger partial charge in [-0.3, -0.25) is 9.48 Å². The number of hydrogen-bond acceptors (Lipinski definition) is 3. The molecule has 1 amide bonds. The van der Waals surface area contributed by atoms with Crippen LogP contribution < -0.4 is 0 Å². The predicted octanol–water partition coefficient (Wildman–Crippen LogP) is 2.57. The van der Waals surface area contributed by atoms with Gasteiger partial charge < -0.3 is 10.0 Å². The smallest absolute Gasteiger partial charge is 0.339 e. The molecule has 1 aromatic heterocycles. The molecule has 2 aromatic rings. The van der Waals surface area contributed by atoms with Crippen molar-refractivity contribution in [2.75, 3.05) is 13.1 Å². The Hall–Kier alpha value is -2.77. The van der Waals surface area contributed by atoms with Crippen molar-refractivity contribution in [3.05, 3.63) is 52.9 Å². The number of carboxylic acids is 1. The Kier molecular flexibility index (Phi) is 5.01. The van der Waals surface area contributed by atoms with Crippen molar-refractivity contribution < 1.29 is 23.5 Å². The molecule has 0 aliphatic carbocycles. The van der Waals surface area contributed by atoms with Gasteiger partial charge >= 0.3 is 5.97 Å². The lowest BCUT2D eigenvalue weighted by molar-refractivity contribution is -0.131. The first-order valence-corrected chi connectivity index (χ1v) is 8.36. The molecule has 1 aliphatic rings. The molecular formula is C18H19F2N3O3. The minimum Gasteiger partial charge on any atom is -0.478 e. The van der Waals surface area contributed by atoms with Gasteiger partial charge in [0.1, 0.15) is 5.56 Å². The van der Waals surface area contributed by atoms with Crippen molar-refractivity contribution in [1.82, 2.24) is 14.7 Å². The van der Waals surface area contributed by atoms with Gasteiger partial charge in [-0.15, -0.1) is 0 Å². The van der Waals surface area contributed by atoms with E-state index in [1.165, 1.54) is 12.3 Å². The van der Waals surface area contributed by atoms with E-state index in [1.807, 2.05) is 0 Å². The van der Waals surface area contributed by atoms with Crippen LogP contribution in [0.4, 0.5) is 8.78 Å². The van der Waals surface area contributed by atoms with E-state index in [1.54, 1.807) is 16.5 Å². The molecule has 0 unspecified atom stereocenters. The van der Waals surface area contributed by atoms with Crippen molar-refractivity contribution >= 4 is 11.9 Å². The molecule has 1 aliphatic heterocycles. The molecule has 0 bridgehead atoms. The third kappa shape index (κ3) is 3.58. The molecule has 0 spiro atoms. The van der Waals surface area contributed by atoms with Crippen LogP contribution in [-0.2, 0) is 11.2 Å². The molecule has 1 N–H and O–H groups in total. The monoisotopic (exact) mass is 363 g/mol. The Bertz CT molecular complexity index is 842. The van der Waals surface area contributed by atoms with E-state index >= 15 is 0 Å². The van der Waals surface area contributed by atoms with Crippen molar-refractivity contribution in [2.45, 2.75) is 32.2 Å². The maximum Gasteiger partial charge on any atom is 0.339 e. The highest BCUT2D eigenvalue weighted by atomic mass is 19.2. The summed E-state index contributed by atoms with van der Waals surface area (Å²) in [5.74, 6) is -3.04. The minimum absolute atomic E-state index is 0.0197. The Labute approximate surface area is 149 Å². The number of benzene rings is 1. The van der Waals surface area contributed by atoms with E-state index in [4.69, 9.17) is 5.11 Å². The Morgan fingerprint density at radius 2 is 1.92 bits per heavy atom. The molecular weight excluding hydrogens is 344 g/mol. The molecule has 1 fully saturated rings. The third-order valence-electron chi connectivity index (χ3n) is 4.78. The normalized spacial score (nSPS) is 15.3. The second-order valence-electron chi connectivity index (χ2n) is 6.43. The van der Waals surface area contributed by atoms with Crippen LogP contribution in [0, 0.1) is 18.6 Å². The van der Waals surface area contributed by atoms with Gasteiger partial charge in [0.15, 0.2) is 11.6 Å². The fraction of sp³-hybridized carbons (Fsp3) is 0.389. The van der Waals surface area contributed by atoms with Crippen molar-refractivity contribution in [3.63, 3.8) is 0 Å². The molecule has 26 heavy (non-hydrogen) atoms. The molecule has 138 valence electrons. The maximum atomic E-state index is 13.3. The summed E-state index contributed by atoms with van der Waals surface area (Å²) in [4.78, 5) is 25.2. The molecule has 6 nitrogen and oxygen atoms in total. The van der Waals surface area contributed by atoms with Crippen LogP contribution in [0.15, 0.2) is 24.4 Å². The number of rotatable bonds is 4. The van der Waals surface area contributed by atoms with Gasteiger partial charge in [-0.25, -0.2) is 13.6 Å². The quantitative estimate of drug-likeness (QED) is 0.906. The van der Waals surface area contributed by atoms with Gasteiger partial charge in [0.05, 0.1) is 24.4 Å². The van der Waals surface area contributed by atoms with Crippen LogP contribution in [0.25, 0.3) is 0 Å². The second kappa shape index (κ2) is 7.23. The number of carbonyl (C=O) groups is 2. The summed E-state index contributed by atoms with van der Waals surface area (Å²) in [5.41, 5.74) is 1.22. The summed E-state index contributed by atoms with van der Waals surface area (Å²) in [6.07, 6.45) is 2.68. The standard InChI is InChI=1S/C18H19F2N3O3/c1-11-14(18(25)26)10-21-23(11)13-4-6-22(7-5-13)17(24)9-12-2-3-15(19)16(20)8-12/h2-3,8,10,13H,4-7,9H2,1H3,(H,25,26). The molecule has 0 atom stereocenters. The number of nitrogens with zero attached hydrogens (tertiary/aromatic N) is 3. The van der Waals surface area contributed by atoms with E-state index in [2.05, 4.69) is 5.10 Å². The second-order valence-corrected chi connectivity index (χ2v) is 6.43. The topological polar surface area (TPSA) is 75.4 Å². The molecule has 8 heteroatoms. The molecule has 2 heterocycles.